The molecule has 0 fully saturated rings. The number of ether oxygens (including phenoxy) is 1. The van der Waals surface area contributed by atoms with Crippen LogP contribution in [-0.4, -0.2) is 6.61 Å². The van der Waals surface area contributed by atoms with Crippen molar-refractivity contribution in [2.75, 3.05) is 11.9 Å². The van der Waals surface area contributed by atoms with Crippen molar-refractivity contribution in [2.24, 2.45) is 0 Å². The van der Waals surface area contributed by atoms with E-state index in [1.165, 1.54) is 12.1 Å². The fourth-order valence-corrected chi connectivity index (χ4v) is 1.95. The summed E-state index contributed by atoms with van der Waals surface area (Å²) < 4.78 is 32.1. The lowest BCUT2D eigenvalue weighted by Gasteiger charge is -2.17. The molecule has 0 bridgehead atoms. The molecule has 0 aliphatic rings. The molecule has 20 heavy (non-hydrogen) atoms. The van der Waals surface area contributed by atoms with Crippen molar-refractivity contribution in [2.45, 2.75) is 19.9 Å². The number of hydrogen-bond donors (Lipinski definition) is 1. The Labute approximate surface area is 117 Å². The maximum atomic E-state index is 13.6. The molecule has 0 radical (unpaired) electrons. The van der Waals surface area contributed by atoms with Gasteiger partial charge in [0.25, 0.3) is 0 Å². The van der Waals surface area contributed by atoms with Gasteiger partial charge in [0.1, 0.15) is 5.75 Å². The van der Waals surface area contributed by atoms with Crippen LogP contribution in [0.3, 0.4) is 0 Å². The van der Waals surface area contributed by atoms with E-state index in [1.807, 2.05) is 38.1 Å². The van der Waals surface area contributed by atoms with Gasteiger partial charge in [0.2, 0.25) is 0 Å². The van der Waals surface area contributed by atoms with Gasteiger partial charge in [-0.05, 0) is 43.7 Å². The summed E-state index contributed by atoms with van der Waals surface area (Å²) in [6.07, 6.45) is 0. The number of nitrogens with one attached hydrogen (secondary N) is 1. The summed E-state index contributed by atoms with van der Waals surface area (Å²) in [6, 6.07) is 11.5. The van der Waals surface area contributed by atoms with Crippen molar-refractivity contribution in [3.63, 3.8) is 0 Å². The highest BCUT2D eigenvalue weighted by Gasteiger charge is 2.11. The summed E-state index contributed by atoms with van der Waals surface area (Å²) >= 11 is 0. The van der Waals surface area contributed by atoms with Gasteiger partial charge in [-0.15, -0.1) is 0 Å². The molecule has 1 N–H and O–H groups in total. The van der Waals surface area contributed by atoms with Gasteiger partial charge in [0.05, 0.1) is 12.3 Å². The summed E-state index contributed by atoms with van der Waals surface area (Å²) in [5, 5.41) is 2.96. The van der Waals surface area contributed by atoms with E-state index < -0.39 is 11.6 Å². The lowest BCUT2D eigenvalue weighted by atomic mass is 10.1. The van der Waals surface area contributed by atoms with Crippen molar-refractivity contribution in [1.29, 1.82) is 0 Å². The average molecular weight is 277 g/mol. The Morgan fingerprint density at radius 3 is 2.45 bits per heavy atom. The van der Waals surface area contributed by atoms with E-state index >= 15 is 0 Å². The highest BCUT2D eigenvalue weighted by Crippen LogP contribution is 2.24. The van der Waals surface area contributed by atoms with Crippen LogP contribution < -0.4 is 10.1 Å². The molecular weight excluding hydrogens is 260 g/mol. The van der Waals surface area contributed by atoms with Crippen LogP contribution >= 0.6 is 0 Å². The molecule has 1 unspecified atom stereocenters. The van der Waals surface area contributed by atoms with Crippen LogP contribution in [0.25, 0.3) is 0 Å². The second-order valence-corrected chi connectivity index (χ2v) is 4.47. The largest absolute Gasteiger partial charge is 0.494 e. The Kier molecular flexibility index (Phi) is 4.56. The highest BCUT2D eigenvalue weighted by molar-refractivity contribution is 5.47. The quantitative estimate of drug-likeness (QED) is 0.866. The first kappa shape index (κ1) is 14.3. The number of benzene rings is 2. The molecule has 0 heterocycles. The zero-order valence-electron chi connectivity index (χ0n) is 11.5. The summed E-state index contributed by atoms with van der Waals surface area (Å²) in [6.45, 7) is 4.42. The summed E-state index contributed by atoms with van der Waals surface area (Å²) in [4.78, 5) is 0. The maximum absolute atomic E-state index is 13.6. The third-order valence-corrected chi connectivity index (χ3v) is 3.01. The molecule has 4 heteroatoms. The molecular formula is C16H17F2NO. The van der Waals surface area contributed by atoms with Crippen molar-refractivity contribution in [3.8, 4) is 5.75 Å². The van der Waals surface area contributed by atoms with E-state index in [2.05, 4.69) is 5.32 Å². The minimum atomic E-state index is -0.856. The van der Waals surface area contributed by atoms with Crippen LogP contribution in [0.2, 0.25) is 0 Å². The van der Waals surface area contributed by atoms with Crippen LogP contribution in [0.5, 0.6) is 5.75 Å². The normalized spacial score (nSPS) is 12.0. The van der Waals surface area contributed by atoms with Crippen LogP contribution in [0, 0.1) is 11.6 Å². The van der Waals surface area contributed by atoms with Gasteiger partial charge in [-0.3, -0.25) is 0 Å². The average Bonchev–Trinajstić information content (AvgIpc) is 2.45. The first-order valence-corrected chi connectivity index (χ1v) is 6.55. The fraction of sp³-hybridized carbons (Fsp3) is 0.250. The Bertz CT molecular complexity index is 569. The summed E-state index contributed by atoms with van der Waals surface area (Å²) in [5.74, 6) is -0.917. The lowest BCUT2D eigenvalue weighted by molar-refractivity contribution is 0.340. The standard InChI is InChI=1S/C16H17F2NO/c1-3-20-13-9-7-12(8-10-13)11(2)19-15-6-4-5-14(17)16(15)18/h4-11,19H,3H2,1-2H3. The van der Waals surface area contributed by atoms with E-state index in [1.54, 1.807) is 0 Å². The highest BCUT2D eigenvalue weighted by atomic mass is 19.2. The minimum absolute atomic E-state index is 0.137. The molecule has 0 saturated carbocycles. The van der Waals surface area contributed by atoms with E-state index in [0.717, 1.165) is 17.4 Å². The molecule has 0 amide bonds. The van der Waals surface area contributed by atoms with Gasteiger partial charge in [0.15, 0.2) is 11.6 Å². The topological polar surface area (TPSA) is 21.3 Å². The molecule has 106 valence electrons. The molecule has 0 saturated heterocycles. The first-order valence-electron chi connectivity index (χ1n) is 6.55. The minimum Gasteiger partial charge on any atom is -0.494 e. The smallest absolute Gasteiger partial charge is 0.181 e. The van der Waals surface area contributed by atoms with E-state index in [-0.39, 0.29) is 11.7 Å². The van der Waals surface area contributed by atoms with Crippen LogP contribution in [0.15, 0.2) is 42.5 Å². The van der Waals surface area contributed by atoms with Gasteiger partial charge >= 0.3 is 0 Å². The van der Waals surface area contributed by atoms with Crippen molar-refractivity contribution in [3.05, 3.63) is 59.7 Å². The third kappa shape index (κ3) is 3.26. The van der Waals surface area contributed by atoms with Crippen LogP contribution in [0.1, 0.15) is 25.5 Å². The number of hydrogen-bond acceptors (Lipinski definition) is 2. The predicted molar refractivity (Wildman–Crippen MR) is 76.0 cm³/mol. The number of halogens is 2. The first-order chi connectivity index (χ1) is 9.61. The maximum Gasteiger partial charge on any atom is 0.181 e. The summed E-state index contributed by atoms with van der Waals surface area (Å²) in [7, 11) is 0. The van der Waals surface area contributed by atoms with Gasteiger partial charge < -0.3 is 10.1 Å². The zero-order valence-corrected chi connectivity index (χ0v) is 11.5. The Hall–Kier alpha value is -2.10. The van der Waals surface area contributed by atoms with Gasteiger partial charge in [0, 0.05) is 6.04 Å². The van der Waals surface area contributed by atoms with Gasteiger partial charge in [-0.2, -0.15) is 0 Å². The molecule has 0 aromatic heterocycles. The summed E-state index contributed by atoms with van der Waals surface area (Å²) in [5.41, 5.74) is 1.13. The van der Waals surface area contributed by atoms with Crippen LogP contribution in [0.4, 0.5) is 14.5 Å². The van der Waals surface area contributed by atoms with Gasteiger partial charge in [-0.25, -0.2) is 8.78 Å². The Balaban J connectivity index is 2.11. The monoisotopic (exact) mass is 277 g/mol. The fourth-order valence-electron chi connectivity index (χ4n) is 1.95. The van der Waals surface area contributed by atoms with Crippen molar-refractivity contribution in [1.82, 2.24) is 0 Å². The van der Waals surface area contributed by atoms with Crippen molar-refractivity contribution >= 4 is 5.69 Å². The molecule has 0 aliphatic heterocycles. The predicted octanol–water partition coefficient (Wildman–Crippen LogP) is 4.54. The Morgan fingerprint density at radius 2 is 1.80 bits per heavy atom. The zero-order chi connectivity index (χ0) is 14.5. The van der Waals surface area contributed by atoms with E-state index in [9.17, 15) is 8.78 Å². The molecule has 0 spiro atoms. The molecule has 0 aliphatic carbocycles. The SMILES string of the molecule is CCOc1ccc(C(C)Nc2cccc(F)c2F)cc1. The van der Waals surface area contributed by atoms with Crippen molar-refractivity contribution < 1.29 is 13.5 Å². The lowest BCUT2D eigenvalue weighted by Crippen LogP contribution is -2.08. The Morgan fingerprint density at radius 1 is 1.10 bits per heavy atom. The molecule has 1 atom stereocenters. The van der Waals surface area contributed by atoms with E-state index in [0.29, 0.717) is 6.61 Å². The molecule has 2 rings (SSSR count). The number of rotatable bonds is 5. The van der Waals surface area contributed by atoms with E-state index in [4.69, 9.17) is 4.74 Å². The molecule has 2 aromatic rings. The molecule has 2 aromatic carbocycles. The van der Waals surface area contributed by atoms with Crippen LogP contribution in [-0.2, 0) is 0 Å². The third-order valence-electron chi connectivity index (χ3n) is 3.01. The second-order valence-electron chi connectivity index (χ2n) is 4.47. The second kappa shape index (κ2) is 6.37. The van der Waals surface area contributed by atoms with Gasteiger partial charge in [-0.1, -0.05) is 18.2 Å². The number of anilines is 1. The molecule has 2 nitrogen and oxygen atoms in total.